The topological polar surface area (TPSA) is 20.2 Å². The lowest BCUT2D eigenvalue weighted by Crippen LogP contribution is -2.20. The van der Waals surface area contributed by atoms with Gasteiger partial charge in [-0.05, 0) is 5.56 Å². The zero-order valence-corrected chi connectivity index (χ0v) is 12.8. The number of hydrogen-bond donors (Lipinski definition) is 1. The maximum absolute atomic E-state index is 9.87. The molecule has 2 atom stereocenters. The summed E-state index contributed by atoms with van der Waals surface area (Å²) in [5.74, 6) is 2.93. The first-order valence-electron chi connectivity index (χ1n) is 5.96. The monoisotopic (exact) mass is 278 g/mol. The molecule has 0 heterocycles. The first-order valence-corrected chi connectivity index (χ1v) is 9.90. The van der Waals surface area contributed by atoms with Crippen LogP contribution in [0.3, 0.4) is 0 Å². The second-order valence-electron chi connectivity index (χ2n) is 5.18. The molecule has 96 valence electrons. The molecule has 1 aromatic carbocycles. The summed E-state index contributed by atoms with van der Waals surface area (Å²) >= 11 is 6.05. The summed E-state index contributed by atoms with van der Waals surface area (Å²) < 4.78 is 0. The number of rotatable bonds is 3. The Bertz CT molecular complexity index is 451. The van der Waals surface area contributed by atoms with E-state index in [0.717, 1.165) is 5.56 Å². The molecule has 18 heavy (non-hydrogen) atoms. The van der Waals surface area contributed by atoms with Gasteiger partial charge in [-0.15, -0.1) is 17.1 Å². The summed E-state index contributed by atoms with van der Waals surface area (Å²) in [4.78, 5) is 0. The van der Waals surface area contributed by atoms with Gasteiger partial charge in [0.25, 0.3) is 0 Å². The Morgan fingerprint density at radius 2 is 1.83 bits per heavy atom. The minimum Gasteiger partial charge on any atom is -0.386 e. The van der Waals surface area contributed by atoms with Crippen molar-refractivity contribution in [3.63, 3.8) is 0 Å². The molecule has 0 aliphatic rings. The Kier molecular flexibility index (Phi) is 5.68. The first kappa shape index (κ1) is 15.0. The second kappa shape index (κ2) is 6.80. The molecule has 1 nitrogen and oxygen atoms in total. The Labute approximate surface area is 116 Å². The predicted octanol–water partition coefficient (Wildman–Crippen LogP) is 3.55. The van der Waals surface area contributed by atoms with Crippen LogP contribution in [0.5, 0.6) is 0 Å². The van der Waals surface area contributed by atoms with Crippen molar-refractivity contribution in [1.82, 2.24) is 0 Å². The summed E-state index contributed by atoms with van der Waals surface area (Å²) in [5.41, 5.74) is 4.20. The van der Waals surface area contributed by atoms with Crippen LogP contribution in [-0.4, -0.2) is 24.7 Å². The highest BCUT2D eigenvalue weighted by Crippen LogP contribution is 2.08. The molecule has 0 aliphatic carbocycles. The van der Waals surface area contributed by atoms with E-state index in [-0.39, 0.29) is 0 Å². The van der Waals surface area contributed by atoms with Gasteiger partial charge in [0, 0.05) is 0 Å². The molecular weight excluding hydrogens is 260 g/mol. The third-order valence-electron chi connectivity index (χ3n) is 2.17. The van der Waals surface area contributed by atoms with Crippen molar-refractivity contribution < 1.29 is 5.11 Å². The fraction of sp³-hybridized carbons (Fsp3) is 0.333. The highest BCUT2D eigenvalue weighted by atomic mass is 35.5. The molecule has 0 bridgehead atoms. The summed E-state index contributed by atoms with van der Waals surface area (Å²) in [6.45, 7) is 6.45. The molecule has 1 rings (SSSR count). The summed E-state index contributed by atoms with van der Waals surface area (Å²) in [5, 5.41) is 9.33. The van der Waals surface area contributed by atoms with Crippen LogP contribution in [0.1, 0.15) is 5.56 Å². The van der Waals surface area contributed by atoms with Gasteiger partial charge in [0.05, 0.1) is 6.10 Å². The molecule has 0 unspecified atom stereocenters. The maximum atomic E-state index is 9.87. The molecule has 0 aromatic heterocycles. The fourth-order valence-corrected chi connectivity index (χ4v) is 2.06. The summed E-state index contributed by atoms with van der Waals surface area (Å²) in [6.07, 6.45) is 2.80. The summed E-state index contributed by atoms with van der Waals surface area (Å²) in [7, 11) is -1.43. The number of benzene rings is 1. The number of aliphatic hydroxyl groups excluding tert-OH is 1. The van der Waals surface area contributed by atoms with Crippen LogP contribution in [0, 0.1) is 11.5 Å². The highest BCUT2D eigenvalue weighted by Gasteiger charge is 2.12. The van der Waals surface area contributed by atoms with E-state index in [0.29, 0.717) is 0 Å². The lowest BCUT2D eigenvalue weighted by molar-refractivity contribution is 0.233. The third kappa shape index (κ3) is 6.06. The first-order chi connectivity index (χ1) is 8.38. The zero-order valence-electron chi connectivity index (χ0n) is 11.0. The molecule has 1 N–H and O–H groups in total. The van der Waals surface area contributed by atoms with E-state index in [1.54, 1.807) is 6.08 Å². The minimum absolute atomic E-state index is 0.545. The molecule has 0 aliphatic heterocycles. The normalized spacial score (nSPS) is 14.9. The zero-order chi connectivity index (χ0) is 13.6. The number of halogens is 1. The number of hydrogen-bond acceptors (Lipinski definition) is 1. The molecule has 0 spiro atoms. The van der Waals surface area contributed by atoms with Crippen LogP contribution in [-0.2, 0) is 0 Å². The van der Waals surface area contributed by atoms with E-state index in [1.807, 2.05) is 36.4 Å². The van der Waals surface area contributed by atoms with Crippen LogP contribution in [0.25, 0.3) is 6.08 Å². The molecule has 0 radical (unpaired) electrons. The van der Waals surface area contributed by atoms with Gasteiger partial charge in [-0.3, -0.25) is 0 Å². The van der Waals surface area contributed by atoms with Gasteiger partial charge in [0.2, 0.25) is 0 Å². The minimum atomic E-state index is -1.43. The largest absolute Gasteiger partial charge is 0.386 e. The van der Waals surface area contributed by atoms with Crippen LogP contribution in [0.15, 0.2) is 36.4 Å². The van der Waals surface area contributed by atoms with Crippen molar-refractivity contribution in [2.24, 2.45) is 0 Å². The molecule has 0 saturated carbocycles. The van der Waals surface area contributed by atoms with E-state index in [9.17, 15) is 5.11 Å². The maximum Gasteiger partial charge on any atom is 0.129 e. The van der Waals surface area contributed by atoms with Crippen molar-refractivity contribution in [1.29, 1.82) is 0 Å². The van der Waals surface area contributed by atoms with Gasteiger partial charge < -0.3 is 5.11 Å². The van der Waals surface area contributed by atoms with E-state index in [4.69, 9.17) is 11.6 Å². The Morgan fingerprint density at radius 1 is 1.22 bits per heavy atom. The highest BCUT2D eigenvalue weighted by molar-refractivity contribution is 6.83. The van der Waals surface area contributed by atoms with Crippen LogP contribution in [0.2, 0.25) is 19.6 Å². The molecule has 0 saturated heterocycles. The summed E-state index contributed by atoms with van der Waals surface area (Å²) in [6, 6.07) is 9.81. The van der Waals surface area contributed by atoms with Crippen molar-refractivity contribution in [3.8, 4) is 11.5 Å². The Morgan fingerprint density at radius 3 is 2.39 bits per heavy atom. The van der Waals surface area contributed by atoms with E-state index in [1.165, 1.54) is 0 Å². The van der Waals surface area contributed by atoms with Crippen molar-refractivity contribution in [2.45, 2.75) is 31.1 Å². The second-order valence-corrected chi connectivity index (χ2v) is 10.4. The third-order valence-corrected chi connectivity index (χ3v) is 3.43. The standard InChI is InChI=1S/C15H19ClOSi/c1-18(2,3)12-11-14(16)15(17)10-9-13-7-5-4-6-8-13/h4-10,14-15,17H,1-3H3/b10-9+/t14-,15+/m1/s1. The molecular formula is C15H19ClOSi. The Balaban J connectivity index is 2.62. The molecule has 3 heteroatoms. The number of aliphatic hydroxyl groups is 1. The molecule has 1 aromatic rings. The van der Waals surface area contributed by atoms with Gasteiger partial charge in [0.15, 0.2) is 0 Å². The van der Waals surface area contributed by atoms with E-state index < -0.39 is 19.6 Å². The van der Waals surface area contributed by atoms with Crippen LogP contribution in [0.4, 0.5) is 0 Å². The van der Waals surface area contributed by atoms with Gasteiger partial charge >= 0.3 is 0 Å². The fourth-order valence-electron chi connectivity index (χ4n) is 1.24. The van der Waals surface area contributed by atoms with Gasteiger partial charge in [-0.25, -0.2) is 0 Å². The Hall–Kier alpha value is -1.01. The van der Waals surface area contributed by atoms with Gasteiger partial charge in [0.1, 0.15) is 13.5 Å². The van der Waals surface area contributed by atoms with Gasteiger partial charge in [-0.1, -0.05) is 68.0 Å². The van der Waals surface area contributed by atoms with Crippen molar-refractivity contribution >= 4 is 25.8 Å². The average molecular weight is 279 g/mol. The SMILES string of the molecule is C[Si](C)(C)C#C[C@@H](Cl)[C@@H](O)/C=C/c1ccccc1. The number of alkyl halides is 1. The van der Waals surface area contributed by atoms with E-state index in [2.05, 4.69) is 31.1 Å². The average Bonchev–Trinajstić information content (AvgIpc) is 2.33. The predicted molar refractivity (Wildman–Crippen MR) is 82.2 cm³/mol. The lowest BCUT2D eigenvalue weighted by Gasteiger charge is -2.09. The van der Waals surface area contributed by atoms with Crippen molar-refractivity contribution in [2.75, 3.05) is 0 Å². The lowest BCUT2D eigenvalue weighted by atomic mass is 10.1. The van der Waals surface area contributed by atoms with Crippen LogP contribution < -0.4 is 0 Å². The van der Waals surface area contributed by atoms with Crippen LogP contribution >= 0.6 is 11.6 Å². The smallest absolute Gasteiger partial charge is 0.129 e. The van der Waals surface area contributed by atoms with E-state index >= 15 is 0 Å². The quantitative estimate of drug-likeness (QED) is 0.509. The molecule has 0 amide bonds. The van der Waals surface area contributed by atoms with Gasteiger partial charge in [-0.2, -0.15) is 0 Å². The van der Waals surface area contributed by atoms with Crippen molar-refractivity contribution in [3.05, 3.63) is 42.0 Å². The molecule has 0 fully saturated rings.